The van der Waals surface area contributed by atoms with Crippen LogP contribution in [-0.4, -0.2) is 11.6 Å². The van der Waals surface area contributed by atoms with E-state index in [1.165, 1.54) is 5.56 Å². The highest BCUT2D eigenvalue weighted by atomic mass is 79.9. The number of carbonyl (C=O) groups excluding carboxylic acids is 1. The predicted molar refractivity (Wildman–Crippen MR) is 81.7 cm³/mol. The minimum absolute atomic E-state index is 0.279. The van der Waals surface area contributed by atoms with Crippen LogP contribution in [0.1, 0.15) is 36.7 Å². The van der Waals surface area contributed by atoms with E-state index in [0.717, 1.165) is 16.1 Å². The molecule has 3 heteroatoms. The van der Waals surface area contributed by atoms with Gasteiger partial charge in [-0.1, -0.05) is 40.2 Å². The van der Waals surface area contributed by atoms with Crippen LogP contribution in [0.5, 0.6) is 0 Å². The number of ether oxygens (including phenoxy) is 1. The molecule has 0 aliphatic rings. The summed E-state index contributed by atoms with van der Waals surface area (Å²) in [4.78, 5) is 12.0. The van der Waals surface area contributed by atoms with E-state index >= 15 is 0 Å². The Morgan fingerprint density at radius 2 is 1.79 bits per heavy atom. The molecular formula is C16H17BrO2. The first kappa shape index (κ1) is 14.1. The van der Waals surface area contributed by atoms with Crippen LogP contribution in [0.2, 0.25) is 0 Å². The lowest BCUT2D eigenvalue weighted by Crippen LogP contribution is -2.23. The minimum atomic E-state index is -0.469. The Labute approximate surface area is 121 Å². The highest BCUT2D eigenvalue weighted by molar-refractivity contribution is 9.08. The van der Waals surface area contributed by atoms with E-state index < -0.39 is 5.60 Å². The monoisotopic (exact) mass is 320 g/mol. The van der Waals surface area contributed by atoms with E-state index in [9.17, 15) is 4.79 Å². The first-order chi connectivity index (χ1) is 8.89. The predicted octanol–water partition coefficient (Wildman–Crippen LogP) is 4.69. The van der Waals surface area contributed by atoms with Crippen LogP contribution in [0.15, 0.2) is 36.4 Å². The molecule has 100 valence electrons. The molecule has 0 saturated heterocycles. The zero-order chi connectivity index (χ0) is 14.0. The van der Waals surface area contributed by atoms with Crippen LogP contribution in [-0.2, 0) is 10.1 Å². The molecule has 2 aromatic carbocycles. The summed E-state index contributed by atoms with van der Waals surface area (Å²) in [7, 11) is 0. The van der Waals surface area contributed by atoms with Crippen LogP contribution < -0.4 is 0 Å². The van der Waals surface area contributed by atoms with Gasteiger partial charge < -0.3 is 4.74 Å². The van der Waals surface area contributed by atoms with Gasteiger partial charge in [0.15, 0.2) is 0 Å². The fourth-order valence-electron chi connectivity index (χ4n) is 1.84. The van der Waals surface area contributed by atoms with Gasteiger partial charge in [0, 0.05) is 5.33 Å². The maximum Gasteiger partial charge on any atom is 0.338 e. The summed E-state index contributed by atoms with van der Waals surface area (Å²) >= 11 is 3.44. The molecule has 0 radical (unpaired) electrons. The molecule has 0 saturated carbocycles. The Morgan fingerprint density at radius 3 is 2.42 bits per heavy atom. The molecule has 0 atom stereocenters. The smallest absolute Gasteiger partial charge is 0.338 e. The number of carbonyl (C=O) groups is 1. The third kappa shape index (κ3) is 3.57. The van der Waals surface area contributed by atoms with Gasteiger partial charge in [0.1, 0.15) is 5.60 Å². The SMILES string of the molecule is CC(C)(C)OC(=O)c1ccc2ccc(CBr)cc2c1. The lowest BCUT2D eigenvalue weighted by Gasteiger charge is -2.19. The highest BCUT2D eigenvalue weighted by Gasteiger charge is 2.17. The van der Waals surface area contributed by atoms with Gasteiger partial charge in [0.05, 0.1) is 5.56 Å². The Balaban J connectivity index is 2.37. The van der Waals surface area contributed by atoms with Gasteiger partial charge in [-0.3, -0.25) is 0 Å². The Kier molecular flexibility index (Phi) is 3.95. The lowest BCUT2D eigenvalue weighted by atomic mass is 10.0. The second-order valence-corrected chi connectivity index (χ2v) is 6.09. The van der Waals surface area contributed by atoms with Crippen molar-refractivity contribution >= 4 is 32.7 Å². The van der Waals surface area contributed by atoms with E-state index in [2.05, 4.69) is 34.1 Å². The number of fused-ring (bicyclic) bond motifs is 1. The van der Waals surface area contributed by atoms with Crippen molar-refractivity contribution in [2.75, 3.05) is 0 Å². The normalized spacial score (nSPS) is 11.6. The quantitative estimate of drug-likeness (QED) is 0.592. The van der Waals surface area contributed by atoms with Gasteiger partial charge >= 0.3 is 5.97 Å². The number of hydrogen-bond acceptors (Lipinski definition) is 2. The number of rotatable bonds is 2. The zero-order valence-corrected chi connectivity index (χ0v) is 13.0. The van der Waals surface area contributed by atoms with Gasteiger partial charge in [-0.25, -0.2) is 4.79 Å². The molecule has 2 rings (SSSR count). The first-order valence-electron chi connectivity index (χ1n) is 6.21. The third-order valence-electron chi connectivity index (χ3n) is 2.69. The van der Waals surface area contributed by atoms with Crippen LogP contribution in [0, 0.1) is 0 Å². The Bertz CT molecular complexity index is 612. The van der Waals surface area contributed by atoms with Gasteiger partial charge in [-0.15, -0.1) is 0 Å². The van der Waals surface area contributed by atoms with E-state index in [4.69, 9.17) is 4.74 Å². The van der Waals surface area contributed by atoms with Crippen molar-refractivity contribution in [3.63, 3.8) is 0 Å². The molecule has 0 aliphatic carbocycles. The maximum absolute atomic E-state index is 12.0. The van der Waals surface area contributed by atoms with E-state index in [1.807, 2.05) is 39.0 Å². The summed E-state index contributed by atoms with van der Waals surface area (Å²) < 4.78 is 5.38. The van der Waals surface area contributed by atoms with Gasteiger partial charge in [-0.05, 0) is 49.2 Å². The maximum atomic E-state index is 12.0. The van der Waals surface area contributed by atoms with Crippen molar-refractivity contribution in [2.45, 2.75) is 31.7 Å². The second-order valence-electron chi connectivity index (χ2n) is 5.53. The highest BCUT2D eigenvalue weighted by Crippen LogP contribution is 2.21. The molecule has 0 unspecified atom stereocenters. The van der Waals surface area contributed by atoms with Crippen LogP contribution in [0.4, 0.5) is 0 Å². The fraction of sp³-hybridized carbons (Fsp3) is 0.312. The number of esters is 1. The van der Waals surface area contributed by atoms with Crippen molar-refractivity contribution in [1.29, 1.82) is 0 Å². The van der Waals surface area contributed by atoms with E-state index in [-0.39, 0.29) is 5.97 Å². The van der Waals surface area contributed by atoms with Crippen molar-refractivity contribution in [3.05, 3.63) is 47.5 Å². The first-order valence-corrected chi connectivity index (χ1v) is 7.33. The molecule has 0 aliphatic heterocycles. The molecule has 0 bridgehead atoms. The molecule has 0 aromatic heterocycles. The topological polar surface area (TPSA) is 26.3 Å². The second kappa shape index (κ2) is 5.33. The van der Waals surface area contributed by atoms with Crippen LogP contribution in [0.3, 0.4) is 0 Å². The average Bonchev–Trinajstić information content (AvgIpc) is 2.35. The number of alkyl halides is 1. The summed E-state index contributed by atoms with van der Waals surface area (Å²) in [5.74, 6) is -0.279. The summed E-state index contributed by atoms with van der Waals surface area (Å²) in [5, 5.41) is 2.98. The summed E-state index contributed by atoms with van der Waals surface area (Å²) in [5.41, 5.74) is 1.31. The molecule has 0 amide bonds. The molecule has 0 spiro atoms. The minimum Gasteiger partial charge on any atom is -0.456 e. The molecule has 2 nitrogen and oxygen atoms in total. The molecule has 0 fully saturated rings. The van der Waals surface area contributed by atoms with E-state index in [0.29, 0.717) is 5.56 Å². The summed E-state index contributed by atoms with van der Waals surface area (Å²) in [6.45, 7) is 5.61. The molecule has 0 N–H and O–H groups in total. The molecular weight excluding hydrogens is 304 g/mol. The van der Waals surface area contributed by atoms with Crippen molar-refractivity contribution < 1.29 is 9.53 Å². The molecule has 19 heavy (non-hydrogen) atoms. The van der Waals surface area contributed by atoms with Gasteiger partial charge in [0.2, 0.25) is 0 Å². The largest absolute Gasteiger partial charge is 0.456 e. The summed E-state index contributed by atoms with van der Waals surface area (Å²) in [6, 6.07) is 11.9. The standard InChI is InChI=1S/C16H17BrO2/c1-16(2,3)19-15(18)13-7-6-12-5-4-11(10-17)8-14(12)9-13/h4-9H,10H2,1-3H3. The van der Waals surface area contributed by atoms with Crippen LogP contribution in [0.25, 0.3) is 10.8 Å². The number of benzene rings is 2. The Hall–Kier alpha value is -1.35. The van der Waals surface area contributed by atoms with Crippen molar-refractivity contribution in [1.82, 2.24) is 0 Å². The number of halogens is 1. The third-order valence-corrected chi connectivity index (χ3v) is 3.34. The zero-order valence-electron chi connectivity index (χ0n) is 11.4. The van der Waals surface area contributed by atoms with Crippen LogP contribution >= 0.6 is 15.9 Å². The van der Waals surface area contributed by atoms with E-state index in [1.54, 1.807) is 0 Å². The molecule has 0 heterocycles. The Morgan fingerprint density at radius 1 is 1.11 bits per heavy atom. The van der Waals surface area contributed by atoms with Gasteiger partial charge in [0.25, 0.3) is 0 Å². The van der Waals surface area contributed by atoms with Gasteiger partial charge in [-0.2, -0.15) is 0 Å². The fourth-order valence-corrected chi connectivity index (χ4v) is 2.19. The summed E-state index contributed by atoms with van der Waals surface area (Å²) in [6.07, 6.45) is 0. The van der Waals surface area contributed by atoms with Crippen molar-refractivity contribution in [2.24, 2.45) is 0 Å². The number of hydrogen-bond donors (Lipinski definition) is 0. The lowest BCUT2D eigenvalue weighted by molar-refractivity contribution is 0.00697. The average molecular weight is 321 g/mol. The van der Waals surface area contributed by atoms with Crippen molar-refractivity contribution in [3.8, 4) is 0 Å². The molecule has 2 aromatic rings.